The number of nitrogens with one attached hydrogen (secondary N) is 1. The van der Waals surface area contributed by atoms with Gasteiger partial charge in [-0.3, -0.25) is 4.79 Å². The molecule has 0 aliphatic carbocycles. The molecule has 2 heterocycles. The van der Waals surface area contributed by atoms with Crippen LogP contribution in [-0.2, 0) is 4.74 Å². The lowest BCUT2D eigenvalue weighted by atomic mass is 10.3. The molecule has 0 atom stereocenters. The Balaban J connectivity index is 2.18. The molecule has 0 aliphatic heterocycles. The third-order valence-electron chi connectivity index (χ3n) is 2.11. The highest BCUT2D eigenvalue weighted by Gasteiger charge is 2.16. The van der Waals surface area contributed by atoms with E-state index in [1.54, 1.807) is 11.4 Å². The molecular formula is C11H9N3O3S. The molecule has 2 rings (SSSR count). The first-order chi connectivity index (χ1) is 8.72. The number of esters is 1. The van der Waals surface area contributed by atoms with Crippen LogP contribution in [-0.4, -0.2) is 29.0 Å². The molecule has 7 heteroatoms. The minimum absolute atomic E-state index is 0.319. The Kier molecular flexibility index (Phi) is 3.63. The Bertz CT molecular complexity index is 568. The summed E-state index contributed by atoms with van der Waals surface area (Å²) < 4.78 is 4.62. The number of carbonyl (C=O) groups excluding carboxylic acids is 2. The molecule has 92 valence electrons. The molecule has 0 saturated carbocycles. The van der Waals surface area contributed by atoms with Crippen molar-refractivity contribution in [1.82, 2.24) is 9.97 Å². The van der Waals surface area contributed by atoms with Crippen LogP contribution in [0.4, 0.5) is 5.69 Å². The van der Waals surface area contributed by atoms with E-state index in [2.05, 4.69) is 20.0 Å². The van der Waals surface area contributed by atoms with E-state index in [9.17, 15) is 9.59 Å². The summed E-state index contributed by atoms with van der Waals surface area (Å²) in [6, 6.07) is 1.64. The van der Waals surface area contributed by atoms with Crippen molar-refractivity contribution in [3.8, 4) is 0 Å². The van der Waals surface area contributed by atoms with E-state index in [4.69, 9.17) is 0 Å². The van der Waals surface area contributed by atoms with Crippen molar-refractivity contribution in [3.05, 3.63) is 40.6 Å². The van der Waals surface area contributed by atoms with Crippen molar-refractivity contribution in [1.29, 1.82) is 0 Å². The maximum atomic E-state index is 11.8. The molecule has 0 aromatic carbocycles. The van der Waals surface area contributed by atoms with E-state index in [0.717, 1.165) is 0 Å². The number of ether oxygens (including phenoxy) is 1. The molecule has 18 heavy (non-hydrogen) atoms. The molecule has 1 amide bonds. The van der Waals surface area contributed by atoms with E-state index < -0.39 is 5.97 Å². The first-order valence-corrected chi connectivity index (χ1v) is 5.82. The van der Waals surface area contributed by atoms with Crippen LogP contribution < -0.4 is 5.32 Å². The standard InChI is InChI=1S/C11H9N3O3S/c1-17-11(16)9-8(2-3-18-9)14-10(15)7-4-12-6-13-5-7/h2-6H,1H3,(H,14,15). The highest BCUT2D eigenvalue weighted by molar-refractivity contribution is 7.12. The summed E-state index contributed by atoms with van der Waals surface area (Å²) in [5.74, 6) is -0.858. The van der Waals surface area contributed by atoms with Gasteiger partial charge in [-0.25, -0.2) is 14.8 Å². The van der Waals surface area contributed by atoms with Crippen LogP contribution in [0.1, 0.15) is 20.0 Å². The summed E-state index contributed by atoms with van der Waals surface area (Å²) in [7, 11) is 1.29. The molecule has 0 saturated heterocycles. The van der Waals surface area contributed by atoms with Gasteiger partial charge >= 0.3 is 5.97 Å². The zero-order valence-electron chi connectivity index (χ0n) is 9.41. The van der Waals surface area contributed by atoms with Crippen LogP contribution in [0.2, 0.25) is 0 Å². The maximum Gasteiger partial charge on any atom is 0.350 e. The fourth-order valence-electron chi connectivity index (χ4n) is 1.27. The number of methoxy groups -OCH3 is 1. The summed E-state index contributed by atoms with van der Waals surface area (Å²) in [5, 5.41) is 4.31. The van der Waals surface area contributed by atoms with Gasteiger partial charge in [-0.2, -0.15) is 0 Å². The van der Waals surface area contributed by atoms with Gasteiger partial charge in [0, 0.05) is 12.4 Å². The Labute approximate surface area is 107 Å². The lowest BCUT2D eigenvalue weighted by Crippen LogP contribution is -2.14. The molecule has 0 spiro atoms. The van der Waals surface area contributed by atoms with Gasteiger partial charge < -0.3 is 10.1 Å². The molecule has 0 bridgehead atoms. The third kappa shape index (κ3) is 2.51. The lowest BCUT2D eigenvalue weighted by Gasteiger charge is -2.04. The maximum absolute atomic E-state index is 11.8. The van der Waals surface area contributed by atoms with Gasteiger partial charge in [-0.1, -0.05) is 0 Å². The number of carbonyl (C=O) groups is 2. The van der Waals surface area contributed by atoms with Gasteiger partial charge in [0.15, 0.2) is 0 Å². The fourth-order valence-corrected chi connectivity index (χ4v) is 2.04. The van der Waals surface area contributed by atoms with Crippen LogP contribution in [0.15, 0.2) is 30.2 Å². The summed E-state index contributed by atoms with van der Waals surface area (Å²) in [6.07, 6.45) is 4.13. The van der Waals surface area contributed by atoms with Crippen LogP contribution >= 0.6 is 11.3 Å². The van der Waals surface area contributed by atoms with Gasteiger partial charge in [-0.05, 0) is 11.4 Å². The second-order valence-corrected chi connectivity index (χ2v) is 4.15. The number of rotatable bonds is 3. The molecule has 6 nitrogen and oxygen atoms in total. The highest BCUT2D eigenvalue weighted by atomic mass is 32.1. The molecule has 0 unspecified atom stereocenters. The number of aromatic nitrogens is 2. The average molecular weight is 263 g/mol. The molecule has 2 aromatic heterocycles. The van der Waals surface area contributed by atoms with Gasteiger partial charge in [-0.15, -0.1) is 11.3 Å². The second-order valence-electron chi connectivity index (χ2n) is 3.24. The first kappa shape index (κ1) is 12.2. The molecule has 0 radical (unpaired) electrons. The Morgan fingerprint density at radius 2 is 2.06 bits per heavy atom. The van der Waals surface area contributed by atoms with Crippen molar-refractivity contribution in [2.75, 3.05) is 12.4 Å². The zero-order valence-corrected chi connectivity index (χ0v) is 10.2. The minimum atomic E-state index is -0.482. The van der Waals surface area contributed by atoms with Crippen LogP contribution in [0.25, 0.3) is 0 Å². The van der Waals surface area contributed by atoms with Crippen molar-refractivity contribution < 1.29 is 14.3 Å². The van der Waals surface area contributed by atoms with Gasteiger partial charge in [0.05, 0.1) is 18.4 Å². The SMILES string of the molecule is COC(=O)c1sccc1NC(=O)c1cncnc1. The smallest absolute Gasteiger partial charge is 0.350 e. The van der Waals surface area contributed by atoms with Crippen LogP contribution in [0, 0.1) is 0 Å². The van der Waals surface area contributed by atoms with Gasteiger partial charge in [0.1, 0.15) is 11.2 Å². The molecule has 0 fully saturated rings. The zero-order chi connectivity index (χ0) is 13.0. The average Bonchev–Trinajstić information content (AvgIpc) is 2.87. The van der Waals surface area contributed by atoms with Crippen LogP contribution in [0.5, 0.6) is 0 Å². The second kappa shape index (κ2) is 5.37. The molecule has 0 aliphatic rings. The van der Waals surface area contributed by atoms with Crippen molar-refractivity contribution in [2.24, 2.45) is 0 Å². The normalized spacial score (nSPS) is 9.83. The van der Waals surface area contributed by atoms with Crippen LogP contribution in [0.3, 0.4) is 0 Å². The van der Waals surface area contributed by atoms with E-state index >= 15 is 0 Å². The van der Waals surface area contributed by atoms with E-state index in [1.165, 1.54) is 37.2 Å². The molecular weight excluding hydrogens is 254 g/mol. The highest BCUT2D eigenvalue weighted by Crippen LogP contribution is 2.23. The summed E-state index contributed by atoms with van der Waals surface area (Å²) >= 11 is 1.20. The Hall–Kier alpha value is -2.28. The largest absolute Gasteiger partial charge is 0.465 e. The number of amides is 1. The third-order valence-corrected chi connectivity index (χ3v) is 3.00. The Morgan fingerprint density at radius 1 is 1.33 bits per heavy atom. The summed E-state index contributed by atoms with van der Waals surface area (Å²) in [5.41, 5.74) is 0.736. The lowest BCUT2D eigenvalue weighted by molar-refractivity contribution is 0.0607. The van der Waals surface area contributed by atoms with E-state index in [1.807, 2.05) is 0 Å². The van der Waals surface area contributed by atoms with Gasteiger partial charge in [0.2, 0.25) is 0 Å². The first-order valence-electron chi connectivity index (χ1n) is 4.94. The summed E-state index contributed by atoms with van der Waals surface area (Å²) in [4.78, 5) is 31.1. The van der Waals surface area contributed by atoms with Gasteiger partial charge in [0.25, 0.3) is 5.91 Å². The Morgan fingerprint density at radius 3 is 2.72 bits per heavy atom. The predicted molar refractivity (Wildman–Crippen MR) is 65.6 cm³/mol. The van der Waals surface area contributed by atoms with E-state index in [-0.39, 0.29) is 5.91 Å². The predicted octanol–water partition coefficient (Wildman–Crippen LogP) is 1.58. The fraction of sp³-hybridized carbons (Fsp3) is 0.0909. The number of nitrogens with zero attached hydrogens (tertiary/aromatic N) is 2. The topological polar surface area (TPSA) is 81.2 Å². The van der Waals surface area contributed by atoms with Crippen molar-refractivity contribution in [2.45, 2.75) is 0 Å². The number of anilines is 1. The van der Waals surface area contributed by atoms with Crippen molar-refractivity contribution >= 4 is 28.9 Å². The molecule has 1 N–H and O–H groups in total. The molecule has 2 aromatic rings. The number of hydrogen-bond acceptors (Lipinski definition) is 6. The quantitative estimate of drug-likeness (QED) is 0.850. The number of hydrogen-bond donors (Lipinski definition) is 1. The summed E-state index contributed by atoms with van der Waals surface area (Å²) in [6.45, 7) is 0. The minimum Gasteiger partial charge on any atom is -0.465 e. The number of thiophene rings is 1. The monoisotopic (exact) mass is 263 g/mol. The van der Waals surface area contributed by atoms with Crippen molar-refractivity contribution in [3.63, 3.8) is 0 Å². The van der Waals surface area contributed by atoms with E-state index in [0.29, 0.717) is 16.1 Å².